The van der Waals surface area contributed by atoms with Crippen LogP contribution in [-0.2, 0) is 4.79 Å². The van der Waals surface area contributed by atoms with Gasteiger partial charge in [-0.1, -0.05) is 25.6 Å². The Kier molecular flexibility index (Phi) is 6.45. The maximum atomic E-state index is 11.6. The molecule has 0 heterocycles. The van der Waals surface area contributed by atoms with Crippen LogP contribution in [-0.4, -0.2) is 28.9 Å². The molecule has 0 rings (SSSR count). The van der Waals surface area contributed by atoms with Gasteiger partial charge in [-0.15, -0.1) is 0 Å². The SMILES string of the molecule is CCCCC(=O)N(C)C(C)CC(N)=S. The van der Waals surface area contributed by atoms with Gasteiger partial charge in [0.1, 0.15) is 0 Å². The van der Waals surface area contributed by atoms with Gasteiger partial charge in [0, 0.05) is 25.9 Å². The van der Waals surface area contributed by atoms with E-state index in [2.05, 4.69) is 6.92 Å². The van der Waals surface area contributed by atoms with Gasteiger partial charge in [0.15, 0.2) is 0 Å². The van der Waals surface area contributed by atoms with Gasteiger partial charge in [-0.05, 0) is 13.3 Å². The van der Waals surface area contributed by atoms with E-state index in [9.17, 15) is 4.79 Å². The molecule has 0 aromatic carbocycles. The highest BCUT2D eigenvalue weighted by Crippen LogP contribution is 2.05. The maximum Gasteiger partial charge on any atom is 0.222 e. The van der Waals surface area contributed by atoms with Gasteiger partial charge >= 0.3 is 0 Å². The zero-order chi connectivity index (χ0) is 11.1. The van der Waals surface area contributed by atoms with Crippen LogP contribution in [0.5, 0.6) is 0 Å². The molecule has 0 saturated carbocycles. The fraction of sp³-hybridized carbons (Fsp3) is 0.800. The van der Waals surface area contributed by atoms with Crippen molar-refractivity contribution in [3.63, 3.8) is 0 Å². The van der Waals surface area contributed by atoms with E-state index in [1.165, 1.54) is 0 Å². The first-order chi connectivity index (χ1) is 6.49. The highest BCUT2D eigenvalue weighted by atomic mass is 32.1. The van der Waals surface area contributed by atoms with Gasteiger partial charge in [0.2, 0.25) is 5.91 Å². The molecule has 0 radical (unpaired) electrons. The van der Waals surface area contributed by atoms with E-state index >= 15 is 0 Å². The fourth-order valence-corrected chi connectivity index (χ4v) is 1.42. The summed E-state index contributed by atoms with van der Waals surface area (Å²) in [5.41, 5.74) is 5.42. The van der Waals surface area contributed by atoms with Crippen LogP contribution >= 0.6 is 12.2 Å². The number of nitrogens with two attached hydrogens (primary N) is 1. The Morgan fingerprint density at radius 1 is 1.57 bits per heavy atom. The van der Waals surface area contributed by atoms with E-state index in [-0.39, 0.29) is 11.9 Å². The monoisotopic (exact) mass is 216 g/mol. The lowest BCUT2D eigenvalue weighted by Gasteiger charge is -2.24. The molecule has 0 saturated heterocycles. The first-order valence-electron chi connectivity index (χ1n) is 5.03. The Labute approximate surface area is 91.6 Å². The first kappa shape index (κ1) is 13.4. The van der Waals surface area contributed by atoms with Crippen molar-refractivity contribution in [3.05, 3.63) is 0 Å². The van der Waals surface area contributed by atoms with Gasteiger partial charge < -0.3 is 10.6 Å². The van der Waals surface area contributed by atoms with Crippen molar-refractivity contribution < 1.29 is 4.79 Å². The smallest absolute Gasteiger partial charge is 0.222 e. The molecule has 0 spiro atoms. The second kappa shape index (κ2) is 6.76. The van der Waals surface area contributed by atoms with Gasteiger partial charge in [-0.2, -0.15) is 0 Å². The summed E-state index contributed by atoms with van der Waals surface area (Å²) < 4.78 is 0. The van der Waals surface area contributed by atoms with Gasteiger partial charge in [0.05, 0.1) is 4.99 Å². The summed E-state index contributed by atoms with van der Waals surface area (Å²) in [6, 6.07) is 0.108. The molecule has 2 N–H and O–H groups in total. The van der Waals surface area contributed by atoms with Crippen LogP contribution in [0.25, 0.3) is 0 Å². The minimum Gasteiger partial charge on any atom is -0.393 e. The van der Waals surface area contributed by atoms with Crippen molar-refractivity contribution in [1.29, 1.82) is 0 Å². The number of hydrogen-bond donors (Lipinski definition) is 1. The number of nitrogens with zero attached hydrogens (tertiary/aromatic N) is 1. The van der Waals surface area contributed by atoms with Gasteiger partial charge in [0.25, 0.3) is 0 Å². The van der Waals surface area contributed by atoms with Gasteiger partial charge in [-0.3, -0.25) is 4.79 Å². The van der Waals surface area contributed by atoms with Crippen LogP contribution < -0.4 is 5.73 Å². The molecule has 3 nitrogen and oxygen atoms in total. The Morgan fingerprint density at radius 2 is 2.14 bits per heavy atom. The second-order valence-corrected chi connectivity index (χ2v) is 4.15. The van der Waals surface area contributed by atoms with E-state index in [0.717, 1.165) is 12.8 Å². The van der Waals surface area contributed by atoms with Crippen LogP contribution in [0, 0.1) is 0 Å². The van der Waals surface area contributed by atoms with Crippen molar-refractivity contribution in [1.82, 2.24) is 4.90 Å². The average molecular weight is 216 g/mol. The predicted molar refractivity (Wildman–Crippen MR) is 63.2 cm³/mol. The lowest BCUT2D eigenvalue weighted by molar-refractivity contribution is -0.131. The molecule has 0 aromatic rings. The van der Waals surface area contributed by atoms with E-state index in [1.54, 1.807) is 11.9 Å². The quantitative estimate of drug-likeness (QED) is 0.687. The van der Waals surface area contributed by atoms with Crippen molar-refractivity contribution in [2.24, 2.45) is 5.73 Å². The number of thiocarbonyl (C=S) groups is 1. The number of unbranched alkanes of at least 4 members (excludes halogenated alkanes) is 1. The molecule has 1 unspecified atom stereocenters. The zero-order valence-electron chi connectivity index (χ0n) is 9.25. The molecular formula is C10H20N2OS. The predicted octanol–water partition coefficient (Wildman–Crippen LogP) is 1.70. The van der Waals surface area contributed by atoms with Crippen molar-refractivity contribution >= 4 is 23.1 Å². The molecule has 4 heteroatoms. The number of rotatable bonds is 6. The minimum absolute atomic E-state index is 0.108. The van der Waals surface area contributed by atoms with E-state index in [1.807, 2.05) is 6.92 Å². The zero-order valence-corrected chi connectivity index (χ0v) is 10.1. The Morgan fingerprint density at radius 3 is 2.57 bits per heavy atom. The third-order valence-electron chi connectivity index (χ3n) is 2.30. The highest BCUT2D eigenvalue weighted by molar-refractivity contribution is 7.80. The average Bonchev–Trinajstić information content (AvgIpc) is 2.11. The molecule has 0 fully saturated rings. The second-order valence-electron chi connectivity index (χ2n) is 3.63. The van der Waals surface area contributed by atoms with Crippen LogP contribution in [0.4, 0.5) is 0 Å². The largest absolute Gasteiger partial charge is 0.393 e. The molecule has 1 amide bonds. The van der Waals surface area contributed by atoms with Crippen molar-refractivity contribution in [2.45, 2.75) is 45.6 Å². The third-order valence-corrected chi connectivity index (χ3v) is 2.46. The topological polar surface area (TPSA) is 46.3 Å². The number of carbonyl (C=O) groups excluding carboxylic acids is 1. The molecule has 0 bridgehead atoms. The van der Waals surface area contributed by atoms with E-state index in [0.29, 0.717) is 17.8 Å². The Hall–Kier alpha value is -0.640. The standard InChI is InChI=1S/C10H20N2OS/c1-4-5-6-10(13)12(3)8(2)7-9(11)14/h8H,4-7H2,1-3H3,(H2,11,14). The summed E-state index contributed by atoms with van der Waals surface area (Å²) in [6.45, 7) is 4.04. The molecular weight excluding hydrogens is 196 g/mol. The van der Waals surface area contributed by atoms with Crippen LogP contribution in [0.2, 0.25) is 0 Å². The number of carbonyl (C=O) groups is 1. The van der Waals surface area contributed by atoms with Crippen molar-refractivity contribution in [2.75, 3.05) is 7.05 Å². The fourth-order valence-electron chi connectivity index (χ4n) is 1.18. The molecule has 0 aliphatic rings. The number of hydrogen-bond acceptors (Lipinski definition) is 2. The summed E-state index contributed by atoms with van der Waals surface area (Å²) in [6.07, 6.45) is 3.21. The Balaban J connectivity index is 3.96. The molecule has 14 heavy (non-hydrogen) atoms. The molecule has 0 aliphatic heterocycles. The lowest BCUT2D eigenvalue weighted by Crippen LogP contribution is -2.37. The maximum absolute atomic E-state index is 11.6. The lowest BCUT2D eigenvalue weighted by atomic mass is 10.2. The third kappa shape index (κ3) is 5.17. The molecule has 0 aliphatic carbocycles. The summed E-state index contributed by atoms with van der Waals surface area (Å²) >= 11 is 4.80. The summed E-state index contributed by atoms with van der Waals surface area (Å²) in [4.78, 5) is 13.8. The molecule has 82 valence electrons. The highest BCUT2D eigenvalue weighted by Gasteiger charge is 2.15. The van der Waals surface area contributed by atoms with Crippen molar-refractivity contribution in [3.8, 4) is 0 Å². The van der Waals surface area contributed by atoms with Gasteiger partial charge in [-0.25, -0.2) is 0 Å². The Bertz CT molecular complexity index is 206. The summed E-state index contributed by atoms with van der Waals surface area (Å²) in [7, 11) is 1.81. The van der Waals surface area contributed by atoms with E-state index in [4.69, 9.17) is 18.0 Å². The molecule has 1 atom stereocenters. The van der Waals surface area contributed by atoms with Crippen LogP contribution in [0.15, 0.2) is 0 Å². The minimum atomic E-state index is 0.108. The van der Waals surface area contributed by atoms with Crippen LogP contribution in [0.1, 0.15) is 39.5 Å². The molecule has 0 aromatic heterocycles. The summed E-state index contributed by atoms with van der Waals surface area (Å²) in [5, 5.41) is 0. The number of amides is 1. The van der Waals surface area contributed by atoms with Crippen LogP contribution in [0.3, 0.4) is 0 Å². The van der Waals surface area contributed by atoms with E-state index < -0.39 is 0 Å². The summed E-state index contributed by atoms with van der Waals surface area (Å²) in [5.74, 6) is 0.176. The first-order valence-corrected chi connectivity index (χ1v) is 5.43. The normalized spacial score (nSPS) is 12.2.